The zero-order valence-corrected chi connectivity index (χ0v) is 15.2. The molecule has 0 unspecified atom stereocenters. The van der Waals surface area contributed by atoms with E-state index in [0.717, 1.165) is 19.5 Å². The fraction of sp³-hybridized carbons (Fsp3) is 0.381. The minimum atomic E-state index is -0.534. The first kappa shape index (κ1) is 17.9. The van der Waals surface area contributed by atoms with Gasteiger partial charge in [0.25, 0.3) is 5.91 Å². The molecule has 142 valence electrons. The molecule has 2 saturated heterocycles. The monoisotopic (exact) mass is 370 g/mol. The van der Waals surface area contributed by atoms with Crippen LogP contribution in [0.4, 0.5) is 4.39 Å². The van der Waals surface area contributed by atoms with Crippen LogP contribution in [-0.2, 0) is 4.74 Å². The SMILES string of the molecule is COc1ccc(C(=O)N[C@H]2C[C@H]3CO[C@@H](c4ccccc4)CN3C2)cc1F. The number of fused-ring (bicyclic) bond motifs is 1. The molecule has 1 N–H and O–H groups in total. The third kappa shape index (κ3) is 3.82. The Kier molecular flexibility index (Phi) is 5.09. The molecule has 0 aliphatic carbocycles. The molecule has 0 spiro atoms. The van der Waals surface area contributed by atoms with E-state index in [1.165, 1.54) is 24.8 Å². The molecule has 0 aromatic heterocycles. The summed E-state index contributed by atoms with van der Waals surface area (Å²) < 4.78 is 24.8. The maximum absolute atomic E-state index is 13.8. The predicted octanol–water partition coefficient (Wildman–Crippen LogP) is 2.78. The molecule has 27 heavy (non-hydrogen) atoms. The van der Waals surface area contributed by atoms with Crippen LogP contribution >= 0.6 is 0 Å². The van der Waals surface area contributed by atoms with Crippen molar-refractivity contribution < 1.29 is 18.7 Å². The average Bonchev–Trinajstić information content (AvgIpc) is 3.10. The van der Waals surface area contributed by atoms with Gasteiger partial charge >= 0.3 is 0 Å². The summed E-state index contributed by atoms with van der Waals surface area (Å²) in [5.41, 5.74) is 1.48. The highest BCUT2D eigenvalue weighted by atomic mass is 19.1. The summed E-state index contributed by atoms with van der Waals surface area (Å²) in [6.07, 6.45) is 0.902. The van der Waals surface area contributed by atoms with Gasteiger partial charge in [0.1, 0.15) is 0 Å². The molecule has 6 heteroatoms. The molecule has 2 aromatic carbocycles. The lowest BCUT2D eigenvalue weighted by atomic mass is 10.1. The predicted molar refractivity (Wildman–Crippen MR) is 99.3 cm³/mol. The number of halogens is 1. The number of methoxy groups -OCH3 is 1. The Bertz CT molecular complexity index is 814. The molecular weight excluding hydrogens is 347 g/mol. The number of carbonyl (C=O) groups is 1. The van der Waals surface area contributed by atoms with Crippen molar-refractivity contribution in [2.75, 3.05) is 26.8 Å². The number of rotatable bonds is 4. The van der Waals surface area contributed by atoms with Gasteiger partial charge in [-0.25, -0.2) is 4.39 Å². The number of hydrogen-bond acceptors (Lipinski definition) is 4. The lowest BCUT2D eigenvalue weighted by Gasteiger charge is -2.35. The first-order chi connectivity index (χ1) is 13.1. The number of amides is 1. The average molecular weight is 370 g/mol. The van der Waals surface area contributed by atoms with E-state index in [1.807, 2.05) is 18.2 Å². The molecule has 0 saturated carbocycles. The smallest absolute Gasteiger partial charge is 0.251 e. The molecule has 2 heterocycles. The summed E-state index contributed by atoms with van der Waals surface area (Å²) in [7, 11) is 1.40. The maximum atomic E-state index is 13.8. The van der Waals surface area contributed by atoms with Gasteiger partial charge in [-0.05, 0) is 30.2 Å². The fourth-order valence-corrected chi connectivity index (χ4v) is 3.92. The van der Waals surface area contributed by atoms with Gasteiger partial charge in [0, 0.05) is 30.7 Å². The van der Waals surface area contributed by atoms with Crippen molar-refractivity contribution in [1.29, 1.82) is 0 Å². The maximum Gasteiger partial charge on any atom is 0.251 e. The first-order valence-electron chi connectivity index (χ1n) is 9.19. The number of ether oxygens (including phenoxy) is 2. The van der Waals surface area contributed by atoms with Gasteiger partial charge in [0.2, 0.25) is 0 Å². The van der Waals surface area contributed by atoms with Crippen LogP contribution in [-0.4, -0.2) is 49.7 Å². The van der Waals surface area contributed by atoms with Crippen LogP contribution in [0.15, 0.2) is 48.5 Å². The lowest BCUT2D eigenvalue weighted by Crippen LogP contribution is -2.43. The Hall–Kier alpha value is -2.44. The van der Waals surface area contributed by atoms with Gasteiger partial charge in [0.15, 0.2) is 11.6 Å². The number of nitrogens with zero attached hydrogens (tertiary/aromatic N) is 1. The van der Waals surface area contributed by atoms with Crippen LogP contribution in [0.2, 0.25) is 0 Å². The molecule has 2 fully saturated rings. The summed E-state index contributed by atoms with van der Waals surface area (Å²) in [5, 5.41) is 3.03. The molecular formula is C21H23FN2O3. The van der Waals surface area contributed by atoms with Gasteiger partial charge in [-0.1, -0.05) is 30.3 Å². The van der Waals surface area contributed by atoms with Crippen molar-refractivity contribution in [2.45, 2.75) is 24.6 Å². The van der Waals surface area contributed by atoms with E-state index in [2.05, 4.69) is 22.3 Å². The van der Waals surface area contributed by atoms with E-state index in [9.17, 15) is 9.18 Å². The Labute approximate surface area is 158 Å². The zero-order chi connectivity index (χ0) is 18.8. The van der Waals surface area contributed by atoms with Crippen molar-refractivity contribution in [3.05, 3.63) is 65.5 Å². The van der Waals surface area contributed by atoms with Crippen molar-refractivity contribution in [3.63, 3.8) is 0 Å². The minimum absolute atomic E-state index is 0.0331. The third-order valence-corrected chi connectivity index (χ3v) is 5.34. The Balaban J connectivity index is 1.37. The van der Waals surface area contributed by atoms with Gasteiger partial charge in [-0.3, -0.25) is 9.69 Å². The first-order valence-corrected chi connectivity index (χ1v) is 9.19. The molecule has 2 aliphatic rings. The Morgan fingerprint density at radius 1 is 1.22 bits per heavy atom. The highest BCUT2D eigenvalue weighted by molar-refractivity contribution is 5.94. The molecule has 1 amide bonds. The van der Waals surface area contributed by atoms with Gasteiger partial charge in [-0.15, -0.1) is 0 Å². The van der Waals surface area contributed by atoms with E-state index < -0.39 is 5.82 Å². The molecule has 3 atom stereocenters. The van der Waals surface area contributed by atoms with Crippen LogP contribution in [0.5, 0.6) is 5.75 Å². The normalized spacial score (nSPS) is 25.0. The zero-order valence-electron chi connectivity index (χ0n) is 15.2. The van der Waals surface area contributed by atoms with E-state index in [1.54, 1.807) is 6.07 Å². The number of nitrogens with one attached hydrogen (secondary N) is 1. The molecule has 0 bridgehead atoms. The Morgan fingerprint density at radius 2 is 2.04 bits per heavy atom. The number of benzene rings is 2. The quantitative estimate of drug-likeness (QED) is 0.899. The lowest BCUT2D eigenvalue weighted by molar-refractivity contribution is -0.0502. The fourth-order valence-electron chi connectivity index (χ4n) is 3.92. The second-order valence-electron chi connectivity index (χ2n) is 7.10. The summed E-state index contributed by atoms with van der Waals surface area (Å²) in [4.78, 5) is 14.9. The van der Waals surface area contributed by atoms with Gasteiger partial charge in [-0.2, -0.15) is 0 Å². The topological polar surface area (TPSA) is 50.8 Å². The van der Waals surface area contributed by atoms with Crippen LogP contribution in [0, 0.1) is 5.82 Å². The van der Waals surface area contributed by atoms with E-state index in [4.69, 9.17) is 9.47 Å². The van der Waals surface area contributed by atoms with Crippen LogP contribution in [0.25, 0.3) is 0 Å². The molecule has 5 nitrogen and oxygen atoms in total. The second kappa shape index (κ2) is 7.66. The van der Waals surface area contributed by atoms with Crippen molar-refractivity contribution >= 4 is 5.91 Å². The molecule has 4 rings (SSSR count). The van der Waals surface area contributed by atoms with E-state index in [0.29, 0.717) is 18.2 Å². The molecule has 2 aromatic rings. The summed E-state index contributed by atoms with van der Waals surface area (Å²) in [6, 6.07) is 14.8. The third-order valence-electron chi connectivity index (χ3n) is 5.34. The van der Waals surface area contributed by atoms with Crippen LogP contribution in [0.3, 0.4) is 0 Å². The van der Waals surface area contributed by atoms with Crippen LogP contribution in [0.1, 0.15) is 28.4 Å². The van der Waals surface area contributed by atoms with E-state index >= 15 is 0 Å². The molecule has 2 aliphatic heterocycles. The molecule has 0 radical (unpaired) electrons. The van der Waals surface area contributed by atoms with Crippen molar-refractivity contribution in [2.24, 2.45) is 0 Å². The van der Waals surface area contributed by atoms with Crippen LogP contribution < -0.4 is 10.1 Å². The van der Waals surface area contributed by atoms with E-state index in [-0.39, 0.29) is 23.8 Å². The Morgan fingerprint density at radius 3 is 2.78 bits per heavy atom. The van der Waals surface area contributed by atoms with Crippen molar-refractivity contribution in [1.82, 2.24) is 10.2 Å². The number of carbonyl (C=O) groups excluding carboxylic acids is 1. The summed E-state index contributed by atoms with van der Waals surface area (Å²) in [5.74, 6) is -0.663. The highest BCUT2D eigenvalue weighted by Gasteiger charge is 2.38. The number of hydrogen-bond donors (Lipinski definition) is 1. The van der Waals surface area contributed by atoms with Gasteiger partial charge in [0.05, 0.1) is 19.8 Å². The van der Waals surface area contributed by atoms with Gasteiger partial charge < -0.3 is 14.8 Å². The largest absolute Gasteiger partial charge is 0.494 e. The minimum Gasteiger partial charge on any atom is -0.494 e. The second-order valence-corrected chi connectivity index (χ2v) is 7.10. The standard InChI is InChI=1S/C21H23FN2O3/c1-26-19-8-7-15(9-18(19)22)21(25)23-16-10-17-13-27-20(12-24(17)11-16)14-5-3-2-4-6-14/h2-9,16-17,20H,10-13H2,1H3,(H,23,25)/t16-,17-,20+/m0/s1. The van der Waals surface area contributed by atoms with Crippen molar-refractivity contribution in [3.8, 4) is 5.75 Å². The summed E-state index contributed by atoms with van der Waals surface area (Å²) in [6.45, 7) is 2.25. The highest BCUT2D eigenvalue weighted by Crippen LogP contribution is 2.30. The summed E-state index contributed by atoms with van der Waals surface area (Å²) >= 11 is 0. The number of morpholine rings is 1.